The molecule has 0 radical (unpaired) electrons. The van der Waals surface area contributed by atoms with Crippen molar-refractivity contribution in [3.05, 3.63) is 64.1 Å². The Morgan fingerprint density at radius 2 is 1.93 bits per heavy atom. The molecular formula is C18H15BrN4O2S2. The maximum Gasteiger partial charge on any atom is 0.258 e. The zero-order valence-corrected chi connectivity index (χ0v) is 17.5. The van der Waals surface area contributed by atoms with Crippen LogP contribution in [-0.4, -0.2) is 27.8 Å². The number of nitrogens with zero attached hydrogens (tertiary/aromatic N) is 2. The van der Waals surface area contributed by atoms with E-state index in [1.54, 1.807) is 18.2 Å². The number of thioether (sulfide) groups is 1. The molecule has 0 spiro atoms. The Hall–Kier alpha value is -2.23. The summed E-state index contributed by atoms with van der Waals surface area (Å²) in [5.41, 5.74) is 2.36. The van der Waals surface area contributed by atoms with Gasteiger partial charge in [0.2, 0.25) is 11.0 Å². The molecule has 0 atom stereocenters. The predicted molar refractivity (Wildman–Crippen MR) is 113 cm³/mol. The van der Waals surface area contributed by atoms with E-state index in [1.807, 2.05) is 37.3 Å². The highest BCUT2D eigenvalue weighted by molar-refractivity contribution is 9.10. The highest BCUT2D eigenvalue weighted by Gasteiger charge is 2.13. The number of halogens is 1. The van der Waals surface area contributed by atoms with Crippen LogP contribution in [0.2, 0.25) is 0 Å². The van der Waals surface area contributed by atoms with Gasteiger partial charge in [-0.15, -0.1) is 10.2 Å². The van der Waals surface area contributed by atoms with Crippen LogP contribution in [-0.2, 0) is 4.79 Å². The fourth-order valence-electron chi connectivity index (χ4n) is 2.18. The molecule has 0 aliphatic rings. The van der Waals surface area contributed by atoms with E-state index < -0.39 is 0 Å². The second-order valence-electron chi connectivity index (χ2n) is 5.51. The standard InChI is InChI=1S/C18H15BrN4O2S2/c1-11-5-4-6-12(9-11)20-15(24)10-26-18-23-22-17(27-18)21-16(25)13-7-2-3-8-14(13)19/h2-9H,10H2,1H3,(H,20,24)(H,21,22,25). The summed E-state index contributed by atoms with van der Waals surface area (Å²) in [7, 11) is 0. The van der Waals surface area contributed by atoms with Gasteiger partial charge in [-0.1, -0.05) is 47.4 Å². The minimum Gasteiger partial charge on any atom is -0.325 e. The third-order valence-electron chi connectivity index (χ3n) is 3.37. The van der Waals surface area contributed by atoms with Gasteiger partial charge < -0.3 is 5.32 Å². The molecule has 0 fully saturated rings. The van der Waals surface area contributed by atoms with Gasteiger partial charge in [0.05, 0.1) is 11.3 Å². The highest BCUT2D eigenvalue weighted by Crippen LogP contribution is 2.26. The minimum atomic E-state index is -0.271. The number of aryl methyl sites for hydroxylation is 1. The number of carbonyl (C=O) groups excluding carboxylic acids is 2. The SMILES string of the molecule is Cc1cccc(NC(=O)CSc2nnc(NC(=O)c3ccccc3Br)s2)c1. The van der Waals surface area contributed by atoms with Crippen LogP contribution in [0.3, 0.4) is 0 Å². The van der Waals surface area contributed by atoms with Gasteiger partial charge in [0.15, 0.2) is 4.34 Å². The van der Waals surface area contributed by atoms with E-state index in [0.29, 0.717) is 19.5 Å². The largest absolute Gasteiger partial charge is 0.325 e. The van der Waals surface area contributed by atoms with E-state index in [1.165, 1.54) is 23.1 Å². The van der Waals surface area contributed by atoms with E-state index >= 15 is 0 Å². The maximum absolute atomic E-state index is 12.3. The topological polar surface area (TPSA) is 84.0 Å². The molecule has 2 aromatic carbocycles. The molecule has 2 amide bonds. The number of hydrogen-bond acceptors (Lipinski definition) is 6. The Balaban J connectivity index is 1.53. The van der Waals surface area contributed by atoms with Crippen LogP contribution in [0.25, 0.3) is 0 Å². The Morgan fingerprint density at radius 1 is 1.11 bits per heavy atom. The molecule has 27 heavy (non-hydrogen) atoms. The number of hydrogen-bond donors (Lipinski definition) is 2. The monoisotopic (exact) mass is 462 g/mol. The Morgan fingerprint density at radius 3 is 2.70 bits per heavy atom. The number of benzene rings is 2. The summed E-state index contributed by atoms with van der Waals surface area (Å²) in [5, 5.41) is 13.9. The van der Waals surface area contributed by atoms with Crippen LogP contribution in [0.5, 0.6) is 0 Å². The van der Waals surface area contributed by atoms with E-state index in [4.69, 9.17) is 0 Å². The number of nitrogens with one attached hydrogen (secondary N) is 2. The van der Waals surface area contributed by atoms with Crippen molar-refractivity contribution in [1.82, 2.24) is 10.2 Å². The molecule has 0 saturated carbocycles. The van der Waals surface area contributed by atoms with Gasteiger partial charge in [0, 0.05) is 10.2 Å². The molecule has 0 unspecified atom stereocenters. The lowest BCUT2D eigenvalue weighted by Gasteiger charge is -2.04. The summed E-state index contributed by atoms with van der Waals surface area (Å²) in [4.78, 5) is 24.3. The van der Waals surface area contributed by atoms with Crippen molar-refractivity contribution in [2.75, 3.05) is 16.4 Å². The van der Waals surface area contributed by atoms with Crippen molar-refractivity contribution in [2.24, 2.45) is 0 Å². The summed E-state index contributed by atoms with van der Waals surface area (Å²) >= 11 is 5.84. The number of amides is 2. The highest BCUT2D eigenvalue weighted by atomic mass is 79.9. The minimum absolute atomic E-state index is 0.125. The number of rotatable bonds is 6. The molecule has 2 N–H and O–H groups in total. The first-order chi connectivity index (χ1) is 13.0. The van der Waals surface area contributed by atoms with Crippen LogP contribution in [0.4, 0.5) is 10.8 Å². The van der Waals surface area contributed by atoms with E-state index in [9.17, 15) is 9.59 Å². The smallest absolute Gasteiger partial charge is 0.258 e. The summed E-state index contributed by atoms with van der Waals surface area (Å²) in [6.45, 7) is 1.97. The van der Waals surface area contributed by atoms with Crippen LogP contribution >= 0.6 is 39.0 Å². The van der Waals surface area contributed by atoms with E-state index in [0.717, 1.165) is 11.3 Å². The van der Waals surface area contributed by atoms with Gasteiger partial charge in [-0.05, 0) is 52.7 Å². The molecule has 138 valence electrons. The summed E-state index contributed by atoms with van der Waals surface area (Å²) < 4.78 is 1.31. The second kappa shape index (κ2) is 9.12. The van der Waals surface area contributed by atoms with Crippen molar-refractivity contribution in [1.29, 1.82) is 0 Å². The van der Waals surface area contributed by atoms with Gasteiger partial charge >= 0.3 is 0 Å². The third-order valence-corrected chi connectivity index (χ3v) is 6.04. The zero-order valence-electron chi connectivity index (χ0n) is 14.2. The zero-order chi connectivity index (χ0) is 19.2. The van der Waals surface area contributed by atoms with E-state index in [2.05, 4.69) is 36.8 Å². The van der Waals surface area contributed by atoms with Gasteiger partial charge in [-0.2, -0.15) is 0 Å². The van der Waals surface area contributed by atoms with Crippen molar-refractivity contribution in [3.63, 3.8) is 0 Å². The van der Waals surface area contributed by atoms with Crippen molar-refractivity contribution < 1.29 is 9.59 Å². The molecule has 3 aromatic rings. The molecule has 0 saturated heterocycles. The molecular weight excluding hydrogens is 448 g/mol. The van der Waals surface area contributed by atoms with Crippen molar-refractivity contribution >= 4 is 61.7 Å². The lowest BCUT2D eigenvalue weighted by Crippen LogP contribution is -2.13. The van der Waals surface area contributed by atoms with Crippen LogP contribution in [0.1, 0.15) is 15.9 Å². The van der Waals surface area contributed by atoms with Crippen LogP contribution < -0.4 is 10.6 Å². The quantitative estimate of drug-likeness (QED) is 0.413. The molecule has 0 aliphatic heterocycles. The molecule has 0 aliphatic carbocycles. The first-order valence-corrected chi connectivity index (χ1v) is 10.5. The number of aromatic nitrogens is 2. The first-order valence-electron chi connectivity index (χ1n) is 7.90. The van der Waals surface area contributed by atoms with Crippen LogP contribution in [0, 0.1) is 6.92 Å². The van der Waals surface area contributed by atoms with Gasteiger partial charge in [-0.25, -0.2) is 0 Å². The molecule has 1 heterocycles. The molecule has 0 bridgehead atoms. The molecule has 1 aromatic heterocycles. The molecule has 9 heteroatoms. The fourth-order valence-corrected chi connectivity index (χ4v) is 4.19. The predicted octanol–water partition coefficient (Wildman–Crippen LogP) is 4.59. The fraction of sp³-hybridized carbons (Fsp3) is 0.111. The average molecular weight is 463 g/mol. The van der Waals surface area contributed by atoms with Crippen LogP contribution in [0.15, 0.2) is 57.3 Å². The van der Waals surface area contributed by atoms with Crippen molar-refractivity contribution in [3.8, 4) is 0 Å². The molecule has 3 rings (SSSR count). The Labute approximate surface area is 172 Å². The number of anilines is 2. The van der Waals surface area contributed by atoms with E-state index in [-0.39, 0.29) is 17.6 Å². The number of carbonyl (C=O) groups is 2. The van der Waals surface area contributed by atoms with Crippen molar-refractivity contribution in [2.45, 2.75) is 11.3 Å². The summed E-state index contributed by atoms with van der Waals surface area (Å²) in [5.74, 6) is -0.187. The Bertz CT molecular complexity index is 977. The molecule has 6 nitrogen and oxygen atoms in total. The lowest BCUT2D eigenvalue weighted by molar-refractivity contribution is -0.113. The lowest BCUT2D eigenvalue weighted by atomic mass is 10.2. The maximum atomic E-state index is 12.3. The second-order valence-corrected chi connectivity index (χ2v) is 8.57. The third kappa shape index (κ3) is 5.62. The summed E-state index contributed by atoms with van der Waals surface area (Å²) in [6.07, 6.45) is 0. The average Bonchev–Trinajstić information content (AvgIpc) is 3.08. The normalized spacial score (nSPS) is 10.4. The Kier molecular flexibility index (Phi) is 6.59. The van der Waals surface area contributed by atoms with Gasteiger partial charge in [-0.3, -0.25) is 14.9 Å². The van der Waals surface area contributed by atoms with Gasteiger partial charge in [0.1, 0.15) is 0 Å². The summed E-state index contributed by atoms with van der Waals surface area (Å²) in [6, 6.07) is 14.7. The van der Waals surface area contributed by atoms with Gasteiger partial charge in [0.25, 0.3) is 5.91 Å². The first kappa shape index (κ1) is 19.5.